The molecule has 0 saturated carbocycles. The van der Waals surface area contributed by atoms with Gasteiger partial charge in [0, 0.05) is 0 Å². The Bertz CT molecular complexity index is 208. The minimum Gasteiger partial charge on any atom is -0.0885 e. The summed E-state index contributed by atoms with van der Waals surface area (Å²) in [5, 5.41) is 0. The highest BCUT2D eigenvalue weighted by Crippen LogP contribution is 2.39. The summed E-state index contributed by atoms with van der Waals surface area (Å²) in [5.41, 5.74) is 0.941. The number of hydrogen-bond acceptors (Lipinski definition) is 0. The van der Waals surface area contributed by atoms with Gasteiger partial charge in [0.05, 0.1) is 0 Å². The summed E-state index contributed by atoms with van der Waals surface area (Å²) in [6.45, 7) is 14.2. The Morgan fingerprint density at radius 3 is 2.00 bits per heavy atom. The van der Waals surface area contributed by atoms with Gasteiger partial charge in [-0.15, -0.1) is 0 Å². The van der Waals surface area contributed by atoms with Crippen molar-refractivity contribution in [2.75, 3.05) is 0 Å². The van der Waals surface area contributed by atoms with Crippen molar-refractivity contribution < 1.29 is 0 Å². The summed E-state index contributed by atoms with van der Waals surface area (Å²) < 4.78 is 0. The normalized spacial score (nSPS) is 13.5. The maximum atomic E-state index is 2.42. The molecule has 0 aromatic rings. The second kappa shape index (κ2) is 7.95. The maximum Gasteiger partial charge on any atom is -0.0299 e. The van der Waals surface area contributed by atoms with E-state index in [1.54, 1.807) is 0 Å². The number of allylic oxidation sites excluding steroid dienone is 2. The summed E-state index contributed by atoms with van der Waals surface area (Å²) in [7, 11) is 0. The van der Waals surface area contributed by atoms with Gasteiger partial charge in [-0.25, -0.2) is 0 Å². The van der Waals surface area contributed by atoms with Crippen LogP contribution < -0.4 is 0 Å². The monoisotopic (exact) mass is 238 g/mol. The van der Waals surface area contributed by atoms with Crippen LogP contribution >= 0.6 is 0 Å². The summed E-state index contributed by atoms with van der Waals surface area (Å²) >= 11 is 0. The zero-order valence-corrected chi connectivity index (χ0v) is 13.1. The van der Waals surface area contributed by atoms with Crippen LogP contribution in [0.2, 0.25) is 0 Å². The molecule has 0 amide bonds. The van der Waals surface area contributed by atoms with Crippen molar-refractivity contribution in [2.24, 2.45) is 10.8 Å². The van der Waals surface area contributed by atoms with Crippen molar-refractivity contribution in [3.05, 3.63) is 12.2 Å². The lowest BCUT2D eigenvalue weighted by Crippen LogP contribution is -2.22. The van der Waals surface area contributed by atoms with Gasteiger partial charge in [-0.3, -0.25) is 0 Å². The molecule has 0 aliphatic rings. The lowest BCUT2D eigenvalue weighted by Gasteiger charge is -2.34. The van der Waals surface area contributed by atoms with Crippen LogP contribution in [0.25, 0.3) is 0 Å². The molecule has 0 aliphatic heterocycles. The van der Waals surface area contributed by atoms with Crippen molar-refractivity contribution in [2.45, 2.75) is 86.5 Å². The van der Waals surface area contributed by atoms with Crippen LogP contribution in [0.3, 0.4) is 0 Å². The molecule has 0 aromatic heterocycles. The van der Waals surface area contributed by atoms with E-state index in [-0.39, 0.29) is 0 Å². The minimum atomic E-state index is 0.446. The van der Waals surface area contributed by atoms with Gasteiger partial charge in [-0.1, -0.05) is 73.0 Å². The Labute approximate surface area is 110 Å². The SMILES string of the molecule is CCCC/C=C\CC(C)(C)CC(C)(C)CCC. The highest BCUT2D eigenvalue weighted by molar-refractivity contribution is 4.89. The second-order valence-corrected chi connectivity index (χ2v) is 7.07. The van der Waals surface area contributed by atoms with E-state index in [2.05, 4.69) is 53.7 Å². The Hall–Kier alpha value is -0.260. The molecule has 0 heterocycles. The van der Waals surface area contributed by atoms with Gasteiger partial charge < -0.3 is 0 Å². The van der Waals surface area contributed by atoms with Gasteiger partial charge in [-0.05, 0) is 36.5 Å². The molecule has 0 heteroatoms. The fourth-order valence-electron chi connectivity index (χ4n) is 2.98. The Morgan fingerprint density at radius 2 is 1.47 bits per heavy atom. The molecular formula is C17H34. The third-order valence-corrected chi connectivity index (χ3v) is 3.45. The molecule has 102 valence electrons. The molecule has 0 fully saturated rings. The van der Waals surface area contributed by atoms with E-state index in [4.69, 9.17) is 0 Å². The van der Waals surface area contributed by atoms with E-state index in [9.17, 15) is 0 Å². The summed E-state index contributed by atoms with van der Waals surface area (Å²) in [6, 6.07) is 0. The van der Waals surface area contributed by atoms with E-state index in [0.29, 0.717) is 10.8 Å². The highest BCUT2D eigenvalue weighted by Gasteiger charge is 2.26. The molecule has 0 spiro atoms. The summed E-state index contributed by atoms with van der Waals surface area (Å²) in [6.07, 6.45) is 13.9. The van der Waals surface area contributed by atoms with Crippen LogP contribution in [0.1, 0.15) is 86.5 Å². The third kappa shape index (κ3) is 9.44. The van der Waals surface area contributed by atoms with Gasteiger partial charge in [0.2, 0.25) is 0 Å². The van der Waals surface area contributed by atoms with Crippen molar-refractivity contribution in [1.82, 2.24) is 0 Å². The van der Waals surface area contributed by atoms with Gasteiger partial charge in [0.25, 0.3) is 0 Å². The first kappa shape index (κ1) is 16.7. The number of hydrogen-bond donors (Lipinski definition) is 0. The molecule has 0 atom stereocenters. The van der Waals surface area contributed by atoms with Crippen LogP contribution in [0.15, 0.2) is 12.2 Å². The fraction of sp³-hybridized carbons (Fsp3) is 0.882. The maximum absolute atomic E-state index is 2.42. The van der Waals surface area contributed by atoms with E-state index >= 15 is 0 Å². The molecule has 0 saturated heterocycles. The molecule has 17 heavy (non-hydrogen) atoms. The molecule has 0 radical (unpaired) electrons. The number of rotatable bonds is 9. The predicted molar refractivity (Wildman–Crippen MR) is 80.4 cm³/mol. The van der Waals surface area contributed by atoms with Crippen LogP contribution in [-0.2, 0) is 0 Å². The third-order valence-electron chi connectivity index (χ3n) is 3.45. The zero-order valence-electron chi connectivity index (χ0n) is 13.1. The first-order chi connectivity index (χ1) is 7.83. The smallest absolute Gasteiger partial charge is 0.0299 e. The molecule has 0 rings (SSSR count). The van der Waals surface area contributed by atoms with Crippen molar-refractivity contribution >= 4 is 0 Å². The van der Waals surface area contributed by atoms with Crippen LogP contribution in [0, 0.1) is 10.8 Å². The van der Waals surface area contributed by atoms with E-state index in [1.165, 1.54) is 44.9 Å². The average Bonchev–Trinajstić information content (AvgIpc) is 2.15. The summed E-state index contributed by atoms with van der Waals surface area (Å²) in [5.74, 6) is 0. The molecule has 0 nitrogen and oxygen atoms in total. The quantitative estimate of drug-likeness (QED) is 0.323. The Kier molecular flexibility index (Phi) is 7.83. The van der Waals surface area contributed by atoms with Gasteiger partial charge in [0.1, 0.15) is 0 Å². The highest BCUT2D eigenvalue weighted by atomic mass is 14.3. The van der Waals surface area contributed by atoms with Crippen molar-refractivity contribution in [3.8, 4) is 0 Å². The zero-order chi connectivity index (χ0) is 13.4. The lowest BCUT2D eigenvalue weighted by atomic mass is 9.71. The van der Waals surface area contributed by atoms with E-state index in [0.717, 1.165) is 0 Å². The molecule has 0 N–H and O–H groups in total. The largest absolute Gasteiger partial charge is 0.0885 e. The van der Waals surface area contributed by atoms with Crippen LogP contribution in [-0.4, -0.2) is 0 Å². The van der Waals surface area contributed by atoms with Crippen LogP contribution in [0.4, 0.5) is 0 Å². The van der Waals surface area contributed by atoms with Gasteiger partial charge in [0.15, 0.2) is 0 Å². The van der Waals surface area contributed by atoms with Crippen molar-refractivity contribution in [3.63, 3.8) is 0 Å². The van der Waals surface area contributed by atoms with Crippen LogP contribution in [0.5, 0.6) is 0 Å². The average molecular weight is 238 g/mol. The van der Waals surface area contributed by atoms with E-state index in [1.807, 2.05) is 0 Å². The number of unbranched alkanes of at least 4 members (excludes halogenated alkanes) is 2. The minimum absolute atomic E-state index is 0.446. The molecule has 0 unspecified atom stereocenters. The molecular weight excluding hydrogens is 204 g/mol. The standard InChI is InChI=1S/C17H34/c1-7-9-10-11-12-14-17(5,6)15-16(3,4)13-8-2/h11-12H,7-10,13-15H2,1-6H3/b12-11-. The van der Waals surface area contributed by atoms with Crippen molar-refractivity contribution in [1.29, 1.82) is 0 Å². The van der Waals surface area contributed by atoms with Gasteiger partial charge in [-0.2, -0.15) is 0 Å². The fourth-order valence-corrected chi connectivity index (χ4v) is 2.98. The Balaban J connectivity index is 4.06. The molecule has 0 bridgehead atoms. The molecule has 0 aliphatic carbocycles. The second-order valence-electron chi connectivity index (χ2n) is 7.07. The summed E-state index contributed by atoms with van der Waals surface area (Å²) in [4.78, 5) is 0. The first-order valence-electron chi connectivity index (χ1n) is 7.48. The first-order valence-corrected chi connectivity index (χ1v) is 7.48. The molecule has 0 aromatic carbocycles. The Morgan fingerprint density at radius 1 is 0.824 bits per heavy atom. The topological polar surface area (TPSA) is 0 Å². The van der Waals surface area contributed by atoms with E-state index < -0.39 is 0 Å². The lowest BCUT2D eigenvalue weighted by molar-refractivity contribution is 0.183. The predicted octanol–water partition coefficient (Wildman–Crippen LogP) is 6.37. The van der Waals surface area contributed by atoms with Gasteiger partial charge >= 0.3 is 0 Å².